The number of aliphatic hydroxyl groups excluding tert-OH is 1. The van der Waals surface area contributed by atoms with Crippen LogP contribution in [0.1, 0.15) is 33.6 Å². The first kappa shape index (κ1) is 10.1. The van der Waals surface area contributed by atoms with Crippen molar-refractivity contribution >= 4 is 0 Å². The minimum Gasteiger partial charge on any atom is -0.391 e. The molecule has 14 heavy (non-hydrogen) atoms. The average molecular weight is 197 g/mol. The first-order valence-electron chi connectivity index (χ1n) is 5.35. The molecule has 1 aliphatic carbocycles. The third kappa shape index (κ3) is 1.72. The second kappa shape index (κ2) is 3.33. The molecule has 1 fully saturated rings. The number of hydrogen-bond donors (Lipinski definition) is 2. The molecule has 2 N–H and O–H groups in total. The molecule has 80 valence electrons. The van der Waals surface area contributed by atoms with E-state index in [1.807, 2.05) is 13.8 Å². The molecular weight excluding hydrogens is 178 g/mol. The molecule has 3 nitrogen and oxygen atoms in total. The summed E-state index contributed by atoms with van der Waals surface area (Å²) in [5.41, 5.74) is 0.994. The van der Waals surface area contributed by atoms with Crippen LogP contribution in [-0.2, 0) is 4.74 Å². The Hall–Kier alpha value is -0.380. The number of fused-ring (bicyclic) bond motifs is 1. The van der Waals surface area contributed by atoms with E-state index in [2.05, 4.69) is 18.3 Å². The van der Waals surface area contributed by atoms with Gasteiger partial charge in [0.15, 0.2) is 0 Å². The minimum absolute atomic E-state index is 0.0451. The van der Waals surface area contributed by atoms with Crippen molar-refractivity contribution in [3.63, 3.8) is 0 Å². The molecule has 3 atom stereocenters. The number of nitrogens with one attached hydrogen (secondary N) is 1. The SMILES string of the molecule is CCC1=C[C@@H]2OC(C)(C)N[C@@H]2[C@H](O)C1. The largest absolute Gasteiger partial charge is 0.391 e. The Balaban J connectivity index is 2.19. The van der Waals surface area contributed by atoms with Gasteiger partial charge in [-0.05, 0) is 26.7 Å². The van der Waals surface area contributed by atoms with E-state index in [1.54, 1.807) is 0 Å². The van der Waals surface area contributed by atoms with Gasteiger partial charge in [-0.25, -0.2) is 0 Å². The molecule has 0 aromatic heterocycles. The van der Waals surface area contributed by atoms with Crippen LogP contribution in [0.25, 0.3) is 0 Å². The van der Waals surface area contributed by atoms with Crippen molar-refractivity contribution in [3.05, 3.63) is 11.6 Å². The lowest BCUT2D eigenvalue weighted by Crippen LogP contribution is -2.47. The topological polar surface area (TPSA) is 41.5 Å². The minimum atomic E-state index is -0.310. The lowest BCUT2D eigenvalue weighted by atomic mass is 9.89. The van der Waals surface area contributed by atoms with Gasteiger partial charge in [0.05, 0.1) is 18.2 Å². The first-order valence-corrected chi connectivity index (χ1v) is 5.35. The molecule has 0 spiro atoms. The fourth-order valence-corrected chi connectivity index (χ4v) is 2.34. The summed E-state index contributed by atoms with van der Waals surface area (Å²) in [6.45, 7) is 6.11. The number of hydrogen-bond acceptors (Lipinski definition) is 3. The average Bonchev–Trinajstić information content (AvgIpc) is 2.40. The fourth-order valence-electron chi connectivity index (χ4n) is 2.34. The number of rotatable bonds is 1. The van der Waals surface area contributed by atoms with Gasteiger partial charge in [0.1, 0.15) is 5.72 Å². The molecule has 1 aliphatic heterocycles. The summed E-state index contributed by atoms with van der Waals surface area (Å²) in [5.74, 6) is 0. The summed E-state index contributed by atoms with van der Waals surface area (Å²) in [4.78, 5) is 0. The van der Waals surface area contributed by atoms with E-state index >= 15 is 0 Å². The molecule has 0 saturated carbocycles. The maximum Gasteiger partial charge on any atom is 0.114 e. The van der Waals surface area contributed by atoms with Gasteiger partial charge >= 0.3 is 0 Å². The van der Waals surface area contributed by atoms with Gasteiger partial charge in [-0.3, -0.25) is 5.32 Å². The normalized spacial score (nSPS) is 40.6. The summed E-state index contributed by atoms with van der Waals surface area (Å²) >= 11 is 0. The van der Waals surface area contributed by atoms with Crippen molar-refractivity contribution in [2.45, 2.75) is 57.6 Å². The van der Waals surface area contributed by atoms with Crippen molar-refractivity contribution in [1.82, 2.24) is 5.32 Å². The quantitative estimate of drug-likeness (QED) is 0.620. The summed E-state index contributed by atoms with van der Waals surface area (Å²) in [6, 6.07) is 0.0697. The maximum atomic E-state index is 9.93. The molecule has 2 rings (SSSR count). The molecule has 0 amide bonds. The summed E-state index contributed by atoms with van der Waals surface area (Å²) in [5, 5.41) is 13.2. The molecular formula is C11H19NO2. The van der Waals surface area contributed by atoms with Crippen LogP contribution in [0.2, 0.25) is 0 Å². The zero-order valence-electron chi connectivity index (χ0n) is 9.08. The van der Waals surface area contributed by atoms with Crippen molar-refractivity contribution in [3.8, 4) is 0 Å². The van der Waals surface area contributed by atoms with Crippen LogP contribution >= 0.6 is 0 Å². The predicted molar refractivity (Wildman–Crippen MR) is 54.9 cm³/mol. The summed E-state index contributed by atoms with van der Waals surface area (Å²) < 4.78 is 5.81. The van der Waals surface area contributed by atoms with Crippen LogP contribution < -0.4 is 5.32 Å². The van der Waals surface area contributed by atoms with Crippen LogP contribution in [0.5, 0.6) is 0 Å². The Morgan fingerprint density at radius 2 is 2.36 bits per heavy atom. The maximum absolute atomic E-state index is 9.93. The highest BCUT2D eigenvalue weighted by Crippen LogP contribution is 2.31. The van der Waals surface area contributed by atoms with Crippen LogP contribution in [-0.4, -0.2) is 29.1 Å². The van der Waals surface area contributed by atoms with E-state index in [1.165, 1.54) is 5.57 Å². The van der Waals surface area contributed by atoms with Gasteiger partial charge < -0.3 is 9.84 Å². The molecule has 3 heteroatoms. The van der Waals surface area contributed by atoms with Gasteiger partial charge in [0.2, 0.25) is 0 Å². The Labute approximate surface area is 85.1 Å². The molecule has 1 heterocycles. The van der Waals surface area contributed by atoms with Gasteiger partial charge in [-0.2, -0.15) is 0 Å². The van der Waals surface area contributed by atoms with Gasteiger partial charge in [-0.15, -0.1) is 0 Å². The van der Waals surface area contributed by atoms with Crippen molar-refractivity contribution in [1.29, 1.82) is 0 Å². The zero-order valence-corrected chi connectivity index (χ0v) is 9.08. The lowest BCUT2D eigenvalue weighted by Gasteiger charge is -2.27. The molecule has 0 aromatic carbocycles. The van der Waals surface area contributed by atoms with E-state index < -0.39 is 0 Å². The molecule has 1 saturated heterocycles. The number of ether oxygens (including phenoxy) is 1. The highest BCUT2D eigenvalue weighted by Gasteiger charge is 2.43. The second-order valence-corrected chi connectivity index (χ2v) is 4.71. The zero-order chi connectivity index (χ0) is 10.3. The third-order valence-corrected chi connectivity index (χ3v) is 3.04. The monoisotopic (exact) mass is 197 g/mol. The smallest absolute Gasteiger partial charge is 0.114 e. The van der Waals surface area contributed by atoms with Crippen molar-refractivity contribution in [2.75, 3.05) is 0 Å². The van der Waals surface area contributed by atoms with E-state index in [0.717, 1.165) is 12.8 Å². The van der Waals surface area contributed by atoms with E-state index in [9.17, 15) is 5.11 Å². The van der Waals surface area contributed by atoms with Gasteiger partial charge in [0.25, 0.3) is 0 Å². The summed E-state index contributed by atoms with van der Waals surface area (Å²) in [7, 11) is 0. The number of aliphatic hydroxyl groups is 1. The van der Waals surface area contributed by atoms with Crippen LogP contribution in [0.4, 0.5) is 0 Å². The standard InChI is InChI=1S/C11H19NO2/c1-4-7-5-8(13)10-9(6-7)14-11(2,3)12-10/h6,8-10,12-13H,4-5H2,1-3H3/t8-,9+,10-/m1/s1. The van der Waals surface area contributed by atoms with Crippen molar-refractivity contribution in [2.24, 2.45) is 0 Å². The van der Waals surface area contributed by atoms with E-state index in [-0.39, 0.29) is 24.0 Å². The van der Waals surface area contributed by atoms with E-state index in [4.69, 9.17) is 4.74 Å². The van der Waals surface area contributed by atoms with Crippen molar-refractivity contribution < 1.29 is 9.84 Å². The van der Waals surface area contributed by atoms with Crippen LogP contribution in [0.3, 0.4) is 0 Å². The predicted octanol–water partition coefficient (Wildman–Crippen LogP) is 1.18. The highest BCUT2D eigenvalue weighted by atomic mass is 16.5. The van der Waals surface area contributed by atoms with Gasteiger partial charge in [-0.1, -0.05) is 18.6 Å². The van der Waals surface area contributed by atoms with E-state index in [0.29, 0.717) is 0 Å². The Bertz CT molecular complexity index is 260. The fraction of sp³-hybridized carbons (Fsp3) is 0.818. The Morgan fingerprint density at radius 3 is 3.00 bits per heavy atom. The van der Waals surface area contributed by atoms with Crippen LogP contribution in [0.15, 0.2) is 11.6 Å². The van der Waals surface area contributed by atoms with Crippen LogP contribution in [0, 0.1) is 0 Å². The Morgan fingerprint density at radius 1 is 1.64 bits per heavy atom. The van der Waals surface area contributed by atoms with Gasteiger partial charge in [0, 0.05) is 0 Å². The molecule has 0 aromatic rings. The highest BCUT2D eigenvalue weighted by molar-refractivity contribution is 5.18. The summed E-state index contributed by atoms with van der Waals surface area (Å²) in [6.07, 6.45) is 3.69. The Kier molecular flexibility index (Phi) is 2.41. The third-order valence-electron chi connectivity index (χ3n) is 3.04. The first-order chi connectivity index (χ1) is 6.52. The molecule has 0 unspecified atom stereocenters. The lowest BCUT2D eigenvalue weighted by molar-refractivity contribution is -0.0107. The molecule has 0 radical (unpaired) electrons. The molecule has 0 bridgehead atoms. The molecule has 2 aliphatic rings. The second-order valence-electron chi connectivity index (χ2n) is 4.71.